The standard InChI is InChI=1S/C19H12ClF4N3O/c20-8-1-3-14-12(5-8)18(17(28)26-14)16-11(7-15(27-18)19(22,23)24)10-6-9(21)2-4-13(10)25-16/h1-6,15,25,27H,7H2,(H,26,28)/t15-,18-/m1/s1. The van der Waals surface area contributed by atoms with E-state index >= 15 is 0 Å². The smallest absolute Gasteiger partial charge is 0.356 e. The molecule has 2 aliphatic heterocycles. The first-order chi connectivity index (χ1) is 13.2. The Bertz CT molecular complexity index is 1160. The zero-order valence-corrected chi connectivity index (χ0v) is 14.8. The minimum Gasteiger partial charge on any atom is -0.356 e. The minimum atomic E-state index is -4.61. The van der Waals surface area contributed by atoms with Gasteiger partial charge in [-0.2, -0.15) is 13.2 Å². The molecule has 0 aliphatic carbocycles. The highest BCUT2D eigenvalue weighted by atomic mass is 35.5. The van der Waals surface area contributed by atoms with Crippen LogP contribution >= 0.6 is 11.6 Å². The van der Waals surface area contributed by atoms with Crippen molar-refractivity contribution in [3.8, 4) is 0 Å². The van der Waals surface area contributed by atoms with Gasteiger partial charge in [0.25, 0.3) is 5.91 Å². The van der Waals surface area contributed by atoms with Crippen molar-refractivity contribution < 1.29 is 22.4 Å². The summed E-state index contributed by atoms with van der Waals surface area (Å²) in [5.41, 5.74) is -0.138. The van der Waals surface area contributed by atoms with Crippen molar-refractivity contribution in [1.29, 1.82) is 0 Å². The summed E-state index contributed by atoms with van der Waals surface area (Å²) in [7, 11) is 0. The molecule has 28 heavy (non-hydrogen) atoms. The monoisotopic (exact) mass is 409 g/mol. The average molecular weight is 410 g/mol. The van der Waals surface area contributed by atoms with Crippen molar-refractivity contribution in [3.63, 3.8) is 0 Å². The number of hydrogen-bond acceptors (Lipinski definition) is 2. The Balaban J connectivity index is 1.86. The number of fused-ring (bicyclic) bond motifs is 6. The number of H-pyrrole nitrogens is 1. The summed E-state index contributed by atoms with van der Waals surface area (Å²) in [5, 5.41) is 5.76. The van der Waals surface area contributed by atoms with E-state index in [1.54, 1.807) is 12.1 Å². The molecule has 0 saturated carbocycles. The van der Waals surface area contributed by atoms with Crippen LogP contribution in [0.5, 0.6) is 0 Å². The quantitative estimate of drug-likeness (QED) is 0.487. The number of benzene rings is 2. The van der Waals surface area contributed by atoms with Crippen molar-refractivity contribution >= 4 is 34.1 Å². The molecule has 9 heteroatoms. The number of amides is 1. The van der Waals surface area contributed by atoms with Crippen LogP contribution in [0, 0.1) is 5.82 Å². The van der Waals surface area contributed by atoms with Crippen molar-refractivity contribution in [1.82, 2.24) is 10.3 Å². The van der Waals surface area contributed by atoms with E-state index in [4.69, 9.17) is 11.6 Å². The van der Waals surface area contributed by atoms with E-state index < -0.39 is 35.9 Å². The van der Waals surface area contributed by atoms with E-state index in [1.807, 2.05) is 0 Å². The van der Waals surface area contributed by atoms with Crippen LogP contribution in [0.2, 0.25) is 5.02 Å². The molecule has 1 amide bonds. The molecule has 0 bridgehead atoms. The van der Waals surface area contributed by atoms with Gasteiger partial charge in [-0.1, -0.05) is 11.6 Å². The highest BCUT2D eigenvalue weighted by Gasteiger charge is 2.58. The van der Waals surface area contributed by atoms with Crippen LogP contribution < -0.4 is 10.6 Å². The van der Waals surface area contributed by atoms with Crippen molar-refractivity contribution in [3.05, 3.63) is 64.1 Å². The largest absolute Gasteiger partial charge is 0.404 e. The fraction of sp³-hybridized carbons (Fsp3) is 0.211. The van der Waals surface area contributed by atoms with Crippen LogP contribution in [0.1, 0.15) is 16.8 Å². The molecule has 3 aromatic rings. The van der Waals surface area contributed by atoms with Gasteiger partial charge in [-0.3, -0.25) is 10.1 Å². The van der Waals surface area contributed by atoms with Crippen LogP contribution in [-0.4, -0.2) is 23.1 Å². The molecule has 2 aliphatic rings. The van der Waals surface area contributed by atoms with E-state index in [0.717, 1.165) is 0 Å². The lowest BCUT2D eigenvalue weighted by Crippen LogP contribution is -2.61. The molecular formula is C19H12ClF4N3O. The predicted molar refractivity (Wildman–Crippen MR) is 95.8 cm³/mol. The van der Waals surface area contributed by atoms with Crippen LogP contribution in [0.25, 0.3) is 10.9 Å². The van der Waals surface area contributed by atoms with Gasteiger partial charge < -0.3 is 10.3 Å². The van der Waals surface area contributed by atoms with Gasteiger partial charge in [-0.05, 0) is 48.4 Å². The number of aromatic nitrogens is 1. The molecule has 5 rings (SSSR count). The van der Waals surface area contributed by atoms with E-state index in [2.05, 4.69) is 15.6 Å². The Morgan fingerprint density at radius 3 is 2.68 bits per heavy atom. The van der Waals surface area contributed by atoms with E-state index in [-0.39, 0.29) is 16.3 Å². The summed E-state index contributed by atoms with van der Waals surface area (Å²) in [6, 6.07) is 6.42. The second-order valence-corrected chi connectivity index (χ2v) is 7.44. The molecule has 1 spiro atoms. The van der Waals surface area contributed by atoms with Crippen molar-refractivity contribution in [2.24, 2.45) is 0 Å². The molecule has 0 radical (unpaired) electrons. The second-order valence-electron chi connectivity index (χ2n) is 7.01. The SMILES string of the molecule is O=C1Nc2ccc(Cl)cc2[C@]12N[C@@H](C(F)(F)F)Cc1c2[nH]c2ccc(F)cc12. The van der Waals surface area contributed by atoms with E-state index in [1.165, 1.54) is 24.3 Å². The molecular weight excluding hydrogens is 398 g/mol. The number of carbonyl (C=O) groups is 1. The zero-order chi connectivity index (χ0) is 19.8. The number of anilines is 1. The Hall–Kier alpha value is -2.58. The number of nitrogens with one attached hydrogen (secondary N) is 3. The molecule has 0 fully saturated rings. The first kappa shape index (κ1) is 17.5. The fourth-order valence-electron chi connectivity index (χ4n) is 4.20. The molecule has 0 unspecified atom stereocenters. The Kier molecular flexibility index (Phi) is 3.43. The maximum absolute atomic E-state index is 13.8. The van der Waals surface area contributed by atoms with Gasteiger partial charge in [0.2, 0.25) is 0 Å². The predicted octanol–water partition coefficient (Wildman–Crippen LogP) is 4.23. The summed E-state index contributed by atoms with van der Waals surface area (Å²) >= 11 is 6.08. The maximum Gasteiger partial charge on any atom is 0.404 e. The molecule has 3 heterocycles. The normalized spacial score (nSPS) is 23.8. The third-order valence-corrected chi connectivity index (χ3v) is 5.65. The van der Waals surface area contributed by atoms with Crippen molar-refractivity contribution in [2.45, 2.75) is 24.2 Å². The van der Waals surface area contributed by atoms with Gasteiger partial charge in [0, 0.05) is 27.2 Å². The van der Waals surface area contributed by atoms with Gasteiger partial charge in [0.05, 0.1) is 5.69 Å². The van der Waals surface area contributed by atoms with Gasteiger partial charge in [0.15, 0.2) is 5.54 Å². The summed E-state index contributed by atoms with van der Waals surface area (Å²) in [5.74, 6) is -1.21. The summed E-state index contributed by atoms with van der Waals surface area (Å²) in [6.45, 7) is 0. The van der Waals surface area contributed by atoms with E-state index in [9.17, 15) is 22.4 Å². The topological polar surface area (TPSA) is 56.9 Å². The number of rotatable bonds is 0. The molecule has 4 nitrogen and oxygen atoms in total. The lowest BCUT2D eigenvalue weighted by molar-refractivity contribution is -0.162. The first-order valence-electron chi connectivity index (χ1n) is 8.46. The third-order valence-electron chi connectivity index (χ3n) is 5.41. The Labute approximate surface area is 160 Å². The second kappa shape index (κ2) is 5.48. The Morgan fingerprint density at radius 1 is 1.14 bits per heavy atom. The molecule has 144 valence electrons. The van der Waals surface area contributed by atoms with Crippen LogP contribution in [0.3, 0.4) is 0 Å². The highest BCUT2D eigenvalue weighted by molar-refractivity contribution is 6.31. The molecule has 3 N–H and O–H groups in total. The van der Waals surface area contributed by atoms with Crippen LogP contribution in [0.15, 0.2) is 36.4 Å². The minimum absolute atomic E-state index is 0.263. The number of carbonyl (C=O) groups excluding carboxylic acids is 1. The van der Waals surface area contributed by atoms with Gasteiger partial charge in [-0.15, -0.1) is 0 Å². The molecule has 1 aromatic heterocycles. The van der Waals surface area contributed by atoms with E-state index in [0.29, 0.717) is 22.2 Å². The van der Waals surface area contributed by atoms with Gasteiger partial charge in [0.1, 0.15) is 11.9 Å². The number of halogens is 5. The number of alkyl halides is 3. The lowest BCUT2D eigenvalue weighted by atomic mass is 9.79. The Morgan fingerprint density at radius 2 is 1.93 bits per heavy atom. The van der Waals surface area contributed by atoms with Gasteiger partial charge in [-0.25, -0.2) is 4.39 Å². The summed E-state index contributed by atoms with van der Waals surface area (Å²) in [4.78, 5) is 16.1. The number of aromatic amines is 1. The summed E-state index contributed by atoms with van der Waals surface area (Å²) < 4.78 is 55.0. The molecule has 2 aromatic carbocycles. The van der Waals surface area contributed by atoms with Crippen LogP contribution in [0.4, 0.5) is 23.2 Å². The number of hydrogen-bond donors (Lipinski definition) is 3. The molecule has 2 atom stereocenters. The average Bonchev–Trinajstić information content (AvgIpc) is 3.11. The highest BCUT2D eigenvalue weighted by Crippen LogP contribution is 2.48. The van der Waals surface area contributed by atoms with Gasteiger partial charge >= 0.3 is 6.18 Å². The fourth-order valence-corrected chi connectivity index (χ4v) is 4.38. The first-order valence-corrected chi connectivity index (χ1v) is 8.84. The third kappa shape index (κ3) is 2.24. The maximum atomic E-state index is 13.8. The zero-order valence-electron chi connectivity index (χ0n) is 14.0. The molecule has 0 saturated heterocycles. The lowest BCUT2D eigenvalue weighted by Gasteiger charge is -2.39. The van der Waals surface area contributed by atoms with Crippen molar-refractivity contribution in [2.75, 3.05) is 5.32 Å². The summed E-state index contributed by atoms with van der Waals surface area (Å²) in [6.07, 6.45) is -5.03. The van der Waals surface area contributed by atoms with Crippen LogP contribution in [-0.2, 0) is 16.8 Å².